The fourth-order valence-corrected chi connectivity index (χ4v) is 2.72. The Hall–Kier alpha value is -0.870. The number of nitrogens with one attached hydrogen (secondary N) is 1. The lowest BCUT2D eigenvalue weighted by molar-refractivity contribution is 0.843. The first kappa shape index (κ1) is 12.6. The monoisotopic (exact) mass is 310 g/mol. The zero-order valence-corrected chi connectivity index (χ0v) is 12.5. The van der Waals surface area contributed by atoms with E-state index in [0.717, 1.165) is 20.9 Å². The Kier molecular flexibility index (Phi) is 3.84. The largest absolute Gasteiger partial charge is 0.377 e. The van der Waals surface area contributed by atoms with E-state index in [1.807, 2.05) is 13.0 Å². The number of anilines is 1. The van der Waals surface area contributed by atoms with Crippen LogP contribution in [-0.2, 0) is 0 Å². The molecule has 1 aromatic heterocycles. The summed E-state index contributed by atoms with van der Waals surface area (Å²) in [5.41, 5.74) is 3.48. The fourth-order valence-electron chi connectivity index (χ4n) is 1.65. The highest BCUT2D eigenvalue weighted by molar-refractivity contribution is 9.10. The predicted molar refractivity (Wildman–Crippen MR) is 77.8 cm³/mol. The van der Waals surface area contributed by atoms with Crippen molar-refractivity contribution < 1.29 is 0 Å². The second-order valence-corrected chi connectivity index (χ2v) is 5.99. The Bertz CT molecular complexity index is 522. The average Bonchev–Trinajstić information content (AvgIpc) is 2.72. The van der Waals surface area contributed by atoms with Gasteiger partial charge >= 0.3 is 0 Å². The van der Waals surface area contributed by atoms with E-state index in [1.54, 1.807) is 11.3 Å². The van der Waals surface area contributed by atoms with Gasteiger partial charge in [-0.05, 0) is 38.5 Å². The molecule has 0 aliphatic carbocycles. The van der Waals surface area contributed by atoms with Crippen molar-refractivity contribution in [2.75, 3.05) is 5.32 Å². The predicted octanol–water partition coefficient (Wildman–Crippen LogP) is 4.70. The SMILES string of the molecule is Cc1nc(C(C)Nc2cccc(Br)c2C)cs1. The summed E-state index contributed by atoms with van der Waals surface area (Å²) in [6.45, 7) is 6.27. The number of rotatable bonds is 3. The third-order valence-corrected chi connectivity index (χ3v) is 4.37. The highest BCUT2D eigenvalue weighted by Crippen LogP contribution is 2.27. The maximum atomic E-state index is 4.50. The number of halogens is 1. The molecule has 1 aromatic carbocycles. The Labute approximate surface area is 114 Å². The molecule has 0 spiro atoms. The summed E-state index contributed by atoms with van der Waals surface area (Å²) >= 11 is 5.23. The molecule has 0 amide bonds. The lowest BCUT2D eigenvalue weighted by atomic mass is 10.1. The van der Waals surface area contributed by atoms with Gasteiger partial charge in [0.05, 0.1) is 16.7 Å². The van der Waals surface area contributed by atoms with E-state index in [9.17, 15) is 0 Å². The second kappa shape index (κ2) is 5.19. The lowest BCUT2D eigenvalue weighted by Gasteiger charge is -2.16. The van der Waals surface area contributed by atoms with Crippen LogP contribution in [0.3, 0.4) is 0 Å². The molecular formula is C13H15BrN2S. The molecule has 4 heteroatoms. The van der Waals surface area contributed by atoms with Gasteiger partial charge < -0.3 is 5.32 Å². The molecule has 1 N–H and O–H groups in total. The average molecular weight is 311 g/mol. The minimum Gasteiger partial charge on any atom is -0.377 e. The van der Waals surface area contributed by atoms with E-state index < -0.39 is 0 Å². The normalized spacial score (nSPS) is 12.5. The molecule has 0 bridgehead atoms. The third-order valence-electron chi connectivity index (χ3n) is 2.72. The van der Waals surface area contributed by atoms with Crippen LogP contribution in [0.25, 0.3) is 0 Å². The van der Waals surface area contributed by atoms with Crippen molar-refractivity contribution in [3.63, 3.8) is 0 Å². The van der Waals surface area contributed by atoms with Gasteiger partial charge in [0.2, 0.25) is 0 Å². The summed E-state index contributed by atoms with van der Waals surface area (Å²) in [5, 5.41) is 6.72. The number of nitrogens with zero attached hydrogens (tertiary/aromatic N) is 1. The molecule has 0 aliphatic heterocycles. The first-order valence-corrected chi connectivity index (χ1v) is 7.19. The van der Waals surface area contributed by atoms with Crippen molar-refractivity contribution >= 4 is 33.0 Å². The topological polar surface area (TPSA) is 24.9 Å². The van der Waals surface area contributed by atoms with Gasteiger partial charge in [-0.2, -0.15) is 0 Å². The van der Waals surface area contributed by atoms with Crippen molar-refractivity contribution in [2.24, 2.45) is 0 Å². The molecule has 1 unspecified atom stereocenters. The molecule has 1 atom stereocenters. The molecule has 2 rings (SSSR count). The van der Waals surface area contributed by atoms with E-state index in [2.05, 4.69) is 57.6 Å². The molecule has 2 nitrogen and oxygen atoms in total. The minimum atomic E-state index is 0.230. The van der Waals surface area contributed by atoms with Crippen molar-refractivity contribution in [3.05, 3.63) is 44.3 Å². The first-order chi connectivity index (χ1) is 8.08. The molecule has 2 aromatic rings. The summed E-state index contributed by atoms with van der Waals surface area (Å²) in [6.07, 6.45) is 0. The summed E-state index contributed by atoms with van der Waals surface area (Å²) in [6, 6.07) is 6.42. The Balaban J connectivity index is 2.18. The number of aromatic nitrogens is 1. The van der Waals surface area contributed by atoms with Gasteiger partial charge in [0.1, 0.15) is 0 Å². The number of hydrogen-bond donors (Lipinski definition) is 1. The fraction of sp³-hybridized carbons (Fsp3) is 0.308. The Morgan fingerprint density at radius 2 is 2.12 bits per heavy atom. The Morgan fingerprint density at radius 3 is 2.76 bits per heavy atom. The third kappa shape index (κ3) is 2.87. The molecule has 17 heavy (non-hydrogen) atoms. The van der Waals surface area contributed by atoms with Crippen LogP contribution >= 0.6 is 27.3 Å². The van der Waals surface area contributed by atoms with Gasteiger partial charge in [-0.3, -0.25) is 0 Å². The molecular weight excluding hydrogens is 296 g/mol. The van der Waals surface area contributed by atoms with Gasteiger partial charge in [-0.1, -0.05) is 22.0 Å². The summed E-state index contributed by atoms with van der Waals surface area (Å²) in [7, 11) is 0. The molecule has 1 heterocycles. The smallest absolute Gasteiger partial charge is 0.0898 e. The van der Waals surface area contributed by atoms with Crippen LogP contribution in [-0.4, -0.2) is 4.98 Å². The van der Waals surface area contributed by atoms with Crippen molar-refractivity contribution in [3.8, 4) is 0 Å². The van der Waals surface area contributed by atoms with E-state index >= 15 is 0 Å². The van der Waals surface area contributed by atoms with Crippen LogP contribution in [0.5, 0.6) is 0 Å². The molecule has 90 valence electrons. The number of thiazole rings is 1. The quantitative estimate of drug-likeness (QED) is 0.889. The van der Waals surface area contributed by atoms with Crippen LogP contribution in [0, 0.1) is 13.8 Å². The van der Waals surface area contributed by atoms with E-state index in [-0.39, 0.29) is 6.04 Å². The zero-order valence-electron chi connectivity index (χ0n) is 10.1. The molecule has 0 radical (unpaired) electrons. The van der Waals surface area contributed by atoms with Crippen LogP contribution < -0.4 is 5.32 Å². The summed E-state index contributed by atoms with van der Waals surface area (Å²) < 4.78 is 1.13. The van der Waals surface area contributed by atoms with Crippen LogP contribution in [0.2, 0.25) is 0 Å². The van der Waals surface area contributed by atoms with E-state index in [0.29, 0.717) is 0 Å². The minimum absolute atomic E-state index is 0.230. The van der Waals surface area contributed by atoms with Gasteiger partial charge in [0.25, 0.3) is 0 Å². The Morgan fingerprint density at radius 1 is 1.35 bits per heavy atom. The maximum Gasteiger partial charge on any atom is 0.0898 e. The first-order valence-electron chi connectivity index (χ1n) is 5.51. The van der Waals surface area contributed by atoms with E-state index in [1.165, 1.54) is 5.56 Å². The van der Waals surface area contributed by atoms with Crippen molar-refractivity contribution in [2.45, 2.75) is 26.8 Å². The van der Waals surface area contributed by atoms with Gasteiger partial charge in [0.15, 0.2) is 0 Å². The second-order valence-electron chi connectivity index (χ2n) is 4.07. The van der Waals surface area contributed by atoms with Crippen LogP contribution in [0.15, 0.2) is 28.1 Å². The van der Waals surface area contributed by atoms with E-state index in [4.69, 9.17) is 0 Å². The van der Waals surface area contributed by atoms with Gasteiger partial charge in [-0.15, -0.1) is 11.3 Å². The summed E-state index contributed by atoms with van der Waals surface area (Å²) in [5.74, 6) is 0. The van der Waals surface area contributed by atoms with Crippen LogP contribution in [0.4, 0.5) is 5.69 Å². The zero-order chi connectivity index (χ0) is 12.4. The van der Waals surface area contributed by atoms with Crippen molar-refractivity contribution in [1.29, 1.82) is 0 Å². The van der Waals surface area contributed by atoms with Crippen molar-refractivity contribution in [1.82, 2.24) is 4.98 Å². The summed E-state index contributed by atoms with van der Waals surface area (Å²) in [4.78, 5) is 4.50. The molecule has 0 aliphatic rings. The standard InChI is InChI=1S/C13H15BrN2S/c1-8-11(14)5-4-6-12(8)15-9(2)13-7-17-10(3)16-13/h4-7,9,15H,1-3H3. The van der Waals surface area contributed by atoms with Gasteiger partial charge in [-0.25, -0.2) is 4.98 Å². The maximum absolute atomic E-state index is 4.50. The van der Waals surface area contributed by atoms with Crippen LogP contribution in [0.1, 0.15) is 29.2 Å². The molecule has 0 saturated heterocycles. The molecule has 0 saturated carbocycles. The van der Waals surface area contributed by atoms with Gasteiger partial charge in [0, 0.05) is 15.5 Å². The number of hydrogen-bond acceptors (Lipinski definition) is 3. The lowest BCUT2D eigenvalue weighted by Crippen LogP contribution is -2.08. The molecule has 0 fully saturated rings. The number of aryl methyl sites for hydroxylation is 1. The number of benzene rings is 1. The highest BCUT2D eigenvalue weighted by atomic mass is 79.9. The highest BCUT2D eigenvalue weighted by Gasteiger charge is 2.10.